The van der Waals surface area contributed by atoms with Gasteiger partial charge in [0, 0.05) is 0 Å². The van der Waals surface area contributed by atoms with Gasteiger partial charge in [0.1, 0.15) is 0 Å². The largest absolute Gasteiger partial charge is 0.369 e. The van der Waals surface area contributed by atoms with Gasteiger partial charge in [-0.25, -0.2) is 4.79 Å². The zero-order valence-electron chi connectivity index (χ0n) is 7.23. The molecular weight excluding hydrogens is 349 g/mol. The van der Waals surface area contributed by atoms with Gasteiger partial charge in [0.05, 0.1) is 0 Å². The lowest BCUT2D eigenvalue weighted by atomic mass is 10.6. The summed E-state index contributed by atoms with van der Waals surface area (Å²) in [6.07, 6.45) is -3.58. The number of aliphatic hydroxyl groups excluding tert-OH is 2. The van der Waals surface area contributed by atoms with Gasteiger partial charge in [-0.3, -0.25) is 0 Å². The molecule has 0 radical (unpaired) electrons. The van der Waals surface area contributed by atoms with Gasteiger partial charge in [-0.2, -0.15) is 0 Å². The number of carbonyl (C=O) groups excluding carboxylic acids is 1. The Morgan fingerprint density at radius 2 is 1.12 bits per heavy atom. The van der Waals surface area contributed by atoms with Crippen molar-refractivity contribution in [2.45, 2.75) is 20.0 Å². The molecule has 0 saturated heterocycles. The Balaban J connectivity index is 4.21. The van der Waals surface area contributed by atoms with Crippen LogP contribution in [0.3, 0.4) is 0 Å². The predicted molar refractivity (Wildman–Crippen MR) is 64.3 cm³/mol. The maximum atomic E-state index is 11.1. The minimum atomic E-state index is -2.12. The maximum Gasteiger partial charge on any atom is 0.319 e. The Kier molecular flexibility index (Phi) is 6.56. The van der Waals surface area contributed by atoms with E-state index in [9.17, 15) is 4.79 Å². The van der Waals surface area contributed by atoms with Crippen LogP contribution in [-0.4, -0.2) is 36.3 Å². The minimum absolute atomic E-state index is 1.09. The molecule has 0 rings (SSSR count). The Labute approximate surface area is 121 Å². The normalized spacial score (nSPS) is 16.5. The first kappa shape index (κ1) is 16.9. The van der Waals surface area contributed by atoms with Crippen molar-refractivity contribution in [1.82, 2.24) is 10.6 Å². The summed E-state index contributed by atoms with van der Waals surface area (Å²) in [5.41, 5.74) is 0. The second kappa shape index (κ2) is 6.20. The number of alkyl halides is 6. The molecular formula is C5H6Cl6N2O3. The van der Waals surface area contributed by atoms with Gasteiger partial charge in [0.2, 0.25) is 7.59 Å². The molecule has 0 bridgehead atoms. The van der Waals surface area contributed by atoms with E-state index in [0.29, 0.717) is 0 Å². The van der Waals surface area contributed by atoms with Crippen LogP contribution in [-0.2, 0) is 0 Å². The molecule has 5 nitrogen and oxygen atoms in total. The summed E-state index contributed by atoms with van der Waals surface area (Å²) in [7, 11) is 0. The molecule has 0 aliphatic carbocycles. The lowest BCUT2D eigenvalue weighted by Crippen LogP contribution is -2.53. The van der Waals surface area contributed by atoms with Crippen molar-refractivity contribution in [2.24, 2.45) is 0 Å². The molecule has 2 unspecified atom stereocenters. The van der Waals surface area contributed by atoms with E-state index in [2.05, 4.69) is 0 Å². The third-order valence-electron chi connectivity index (χ3n) is 1.16. The summed E-state index contributed by atoms with van der Waals surface area (Å²) in [4.78, 5) is 11.1. The van der Waals surface area contributed by atoms with Crippen molar-refractivity contribution < 1.29 is 15.0 Å². The molecule has 16 heavy (non-hydrogen) atoms. The lowest BCUT2D eigenvalue weighted by molar-refractivity contribution is 0.120. The molecule has 2 amide bonds. The third-order valence-corrected chi connectivity index (χ3v) is 2.40. The van der Waals surface area contributed by atoms with Crippen molar-refractivity contribution >= 4 is 75.6 Å². The van der Waals surface area contributed by atoms with Crippen molar-refractivity contribution in [3.8, 4) is 0 Å². The van der Waals surface area contributed by atoms with Crippen LogP contribution in [0.1, 0.15) is 0 Å². The summed E-state index contributed by atoms with van der Waals surface area (Å²) in [5.74, 6) is 0. The Morgan fingerprint density at radius 1 is 0.875 bits per heavy atom. The van der Waals surface area contributed by atoms with E-state index >= 15 is 0 Å². The van der Waals surface area contributed by atoms with Gasteiger partial charge in [0.15, 0.2) is 12.5 Å². The Hall–Kier alpha value is 0.930. The first-order valence-electron chi connectivity index (χ1n) is 3.51. The highest BCUT2D eigenvalue weighted by molar-refractivity contribution is 6.68. The van der Waals surface area contributed by atoms with Crippen LogP contribution in [0.5, 0.6) is 0 Å². The second-order valence-corrected chi connectivity index (χ2v) is 7.24. The number of carbonyl (C=O) groups is 1. The molecule has 2 atom stereocenters. The van der Waals surface area contributed by atoms with Crippen molar-refractivity contribution in [2.75, 3.05) is 0 Å². The first-order chi connectivity index (χ1) is 6.94. The van der Waals surface area contributed by atoms with E-state index in [1.807, 2.05) is 0 Å². The number of hydrogen-bond acceptors (Lipinski definition) is 3. The fourth-order valence-corrected chi connectivity index (χ4v) is 0.781. The molecule has 0 spiro atoms. The summed E-state index contributed by atoms with van der Waals surface area (Å²) in [5, 5.41) is 21.8. The average Bonchev–Trinajstić information content (AvgIpc) is 1.99. The monoisotopic (exact) mass is 352 g/mol. The molecule has 4 N–H and O–H groups in total. The molecule has 0 aromatic carbocycles. The van der Waals surface area contributed by atoms with Crippen LogP contribution in [0.25, 0.3) is 0 Å². The fraction of sp³-hybridized carbons (Fsp3) is 0.800. The van der Waals surface area contributed by atoms with Crippen LogP contribution in [0.15, 0.2) is 0 Å². The highest BCUT2D eigenvalue weighted by Gasteiger charge is 2.35. The highest BCUT2D eigenvalue weighted by atomic mass is 35.6. The molecule has 0 aliphatic rings. The summed E-state index contributed by atoms with van der Waals surface area (Å²) in [6.45, 7) is 0. The summed E-state index contributed by atoms with van der Waals surface area (Å²) >= 11 is 31.5. The highest BCUT2D eigenvalue weighted by Crippen LogP contribution is 2.30. The number of hydrogen-bond donors (Lipinski definition) is 4. The zero-order chi connectivity index (χ0) is 13.1. The average molecular weight is 355 g/mol. The van der Waals surface area contributed by atoms with Gasteiger partial charge in [-0.05, 0) is 0 Å². The molecule has 0 aromatic heterocycles. The van der Waals surface area contributed by atoms with Crippen LogP contribution < -0.4 is 10.6 Å². The van der Waals surface area contributed by atoms with E-state index in [1.165, 1.54) is 0 Å². The van der Waals surface area contributed by atoms with E-state index in [4.69, 9.17) is 79.8 Å². The van der Waals surface area contributed by atoms with Crippen molar-refractivity contribution in [3.05, 3.63) is 0 Å². The van der Waals surface area contributed by atoms with Crippen LogP contribution in [0, 0.1) is 0 Å². The Morgan fingerprint density at radius 3 is 1.31 bits per heavy atom. The quantitative estimate of drug-likeness (QED) is 0.449. The van der Waals surface area contributed by atoms with E-state index in [-0.39, 0.29) is 0 Å². The molecule has 0 heterocycles. The van der Waals surface area contributed by atoms with E-state index in [1.54, 1.807) is 10.6 Å². The third kappa shape index (κ3) is 6.61. The van der Waals surface area contributed by atoms with Gasteiger partial charge in [-0.15, -0.1) is 0 Å². The SMILES string of the molecule is O=C(NC(O)C(Cl)(Cl)Cl)NC(O)C(Cl)(Cl)Cl. The lowest BCUT2D eigenvalue weighted by Gasteiger charge is -2.23. The molecule has 11 heteroatoms. The van der Waals surface area contributed by atoms with Crippen LogP contribution >= 0.6 is 69.6 Å². The summed E-state index contributed by atoms with van der Waals surface area (Å²) < 4.78 is -4.25. The van der Waals surface area contributed by atoms with E-state index < -0.39 is 26.1 Å². The van der Waals surface area contributed by atoms with Gasteiger partial charge in [0.25, 0.3) is 0 Å². The number of halogens is 6. The number of amides is 2. The number of aliphatic hydroxyl groups is 2. The number of urea groups is 1. The minimum Gasteiger partial charge on any atom is -0.369 e. The van der Waals surface area contributed by atoms with Crippen LogP contribution in [0.4, 0.5) is 4.79 Å². The molecule has 0 saturated carbocycles. The standard InChI is InChI=1S/C5H6Cl6N2O3/c6-4(7,8)1(14)12-3(16)13-2(15)5(9,10)11/h1-2,14-15H,(H2,12,13,16). The fourth-order valence-electron chi connectivity index (χ4n) is 0.454. The predicted octanol–water partition coefficient (Wildman–Crippen LogP) is 1.66. The zero-order valence-corrected chi connectivity index (χ0v) is 11.8. The smallest absolute Gasteiger partial charge is 0.319 e. The molecule has 0 aliphatic heterocycles. The van der Waals surface area contributed by atoms with Crippen molar-refractivity contribution in [3.63, 3.8) is 0 Å². The molecule has 0 fully saturated rings. The van der Waals surface area contributed by atoms with Gasteiger partial charge >= 0.3 is 6.03 Å². The maximum absolute atomic E-state index is 11.1. The second-order valence-electron chi connectivity index (χ2n) is 2.51. The number of rotatable bonds is 2. The number of nitrogens with one attached hydrogen (secondary N) is 2. The Bertz CT molecular complexity index is 228. The van der Waals surface area contributed by atoms with Crippen molar-refractivity contribution in [1.29, 1.82) is 0 Å². The molecule has 0 aromatic rings. The van der Waals surface area contributed by atoms with E-state index in [0.717, 1.165) is 0 Å². The van der Waals surface area contributed by atoms with Gasteiger partial charge in [-0.1, -0.05) is 69.6 Å². The topological polar surface area (TPSA) is 81.6 Å². The summed E-state index contributed by atoms with van der Waals surface area (Å²) in [6, 6.07) is -1.09. The van der Waals surface area contributed by atoms with Crippen LogP contribution in [0.2, 0.25) is 0 Å². The molecule has 96 valence electrons. The first-order valence-corrected chi connectivity index (χ1v) is 5.78. The van der Waals surface area contributed by atoms with Gasteiger partial charge < -0.3 is 20.8 Å².